The van der Waals surface area contributed by atoms with Crippen molar-refractivity contribution in [2.24, 2.45) is 4.99 Å². The van der Waals surface area contributed by atoms with E-state index in [1.807, 2.05) is 24.3 Å². The molecule has 7 nitrogen and oxygen atoms in total. The van der Waals surface area contributed by atoms with Crippen molar-refractivity contribution >= 4 is 35.8 Å². The molecule has 1 saturated heterocycles. The molecule has 1 atom stereocenters. The van der Waals surface area contributed by atoms with Gasteiger partial charge >= 0.3 is 0 Å². The van der Waals surface area contributed by atoms with Gasteiger partial charge in [-0.25, -0.2) is 0 Å². The Morgan fingerprint density at radius 1 is 1.09 bits per heavy atom. The monoisotopic (exact) mass is 564 g/mol. The number of guanidine groups is 1. The van der Waals surface area contributed by atoms with Crippen LogP contribution in [-0.2, 0) is 24.1 Å². The van der Waals surface area contributed by atoms with Crippen LogP contribution in [0.25, 0.3) is 0 Å². The van der Waals surface area contributed by atoms with E-state index in [1.54, 1.807) is 7.05 Å². The second kappa shape index (κ2) is 12.8. The smallest absolute Gasteiger partial charge is 0.251 e. The number of amides is 1. The summed E-state index contributed by atoms with van der Waals surface area (Å²) in [6.45, 7) is 3.51. The molecule has 3 N–H and O–H groups in total. The van der Waals surface area contributed by atoms with Crippen molar-refractivity contribution in [3.8, 4) is 5.75 Å². The Labute approximate surface area is 212 Å². The first-order chi connectivity index (χ1) is 15.7. The highest BCUT2D eigenvalue weighted by atomic mass is 127. The van der Waals surface area contributed by atoms with E-state index >= 15 is 0 Å². The summed E-state index contributed by atoms with van der Waals surface area (Å²) < 4.78 is 11.1. The Morgan fingerprint density at radius 2 is 2.00 bits per heavy atom. The highest BCUT2D eigenvalue weighted by Crippen LogP contribution is 2.25. The predicted molar refractivity (Wildman–Crippen MR) is 141 cm³/mol. The number of nitrogens with one attached hydrogen (secondary N) is 3. The summed E-state index contributed by atoms with van der Waals surface area (Å²) in [6, 6.07) is 14.1. The minimum Gasteiger partial charge on any atom is -0.493 e. The van der Waals surface area contributed by atoms with Crippen LogP contribution in [0.1, 0.15) is 39.9 Å². The van der Waals surface area contributed by atoms with Crippen molar-refractivity contribution in [2.75, 3.05) is 33.4 Å². The van der Waals surface area contributed by atoms with Crippen LogP contribution in [0.5, 0.6) is 5.75 Å². The molecule has 2 heterocycles. The molecule has 2 aromatic carbocycles. The Hall–Kier alpha value is -2.33. The van der Waals surface area contributed by atoms with Crippen LogP contribution in [0.15, 0.2) is 47.5 Å². The van der Waals surface area contributed by atoms with E-state index < -0.39 is 0 Å². The average molecular weight is 564 g/mol. The van der Waals surface area contributed by atoms with E-state index in [2.05, 4.69) is 39.1 Å². The Kier molecular flexibility index (Phi) is 9.80. The lowest BCUT2D eigenvalue weighted by molar-refractivity contribution is 0.0857. The van der Waals surface area contributed by atoms with Crippen molar-refractivity contribution in [3.05, 3.63) is 64.7 Å². The molecule has 0 saturated carbocycles. The number of benzene rings is 2. The van der Waals surface area contributed by atoms with Crippen LogP contribution < -0.4 is 20.7 Å². The van der Waals surface area contributed by atoms with Gasteiger partial charge in [0.2, 0.25) is 0 Å². The lowest BCUT2D eigenvalue weighted by Crippen LogP contribution is -2.38. The largest absolute Gasteiger partial charge is 0.493 e. The molecular formula is C25H33IN4O3. The summed E-state index contributed by atoms with van der Waals surface area (Å²) in [5.41, 5.74) is 4.27. The molecule has 2 aromatic rings. The summed E-state index contributed by atoms with van der Waals surface area (Å²) in [5.74, 6) is 1.69. The van der Waals surface area contributed by atoms with Crippen LogP contribution in [0.4, 0.5) is 0 Å². The van der Waals surface area contributed by atoms with Gasteiger partial charge in [0.25, 0.3) is 5.91 Å². The zero-order valence-corrected chi connectivity index (χ0v) is 21.4. The first kappa shape index (κ1) is 25.3. The number of fused-ring (bicyclic) bond motifs is 1. The van der Waals surface area contributed by atoms with Crippen LogP contribution >= 0.6 is 24.0 Å². The molecule has 0 aromatic heterocycles. The zero-order valence-electron chi connectivity index (χ0n) is 19.1. The fourth-order valence-corrected chi connectivity index (χ4v) is 4.06. The van der Waals surface area contributed by atoms with Crippen molar-refractivity contribution in [1.82, 2.24) is 16.0 Å². The van der Waals surface area contributed by atoms with Gasteiger partial charge in [0.1, 0.15) is 5.75 Å². The fraction of sp³-hybridized carbons (Fsp3) is 0.440. The highest BCUT2D eigenvalue weighted by Gasteiger charge is 2.17. The summed E-state index contributed by atoms with van der Waals surface area (Å²) >= 11 is 0. The van der Waals surface area contributed by atoms with Crippen LogP contribution in [-0.4, -0.2) is 51.3 Å². The minimum absolute atomic E-state index is 0. The number of halogens is 1. The van der Waals surface area contributed by atoms with Gasteiger partial charge in [0.15, 0.2) is 5.96 Å². The van der Waals surface area contributed by atoms with Crippen LogP contribution in [0.3, 0.4) is 0 Å². The second-order valence-electron chi connectivity index (χ2n) is 8.19. The summed E-state index contributed by atoms with van der Waals surface area (Å²) in [5, 5.41) is 9.66. The van der Waals surface area contributed by atoms with Crippen LogP contribution in [0, 0.1) is 0 Å². The van der Waals surface area contributed by atoms with Crippen molar-refractivity contribution in [3.63, 3.8) is 0 Å². The maximum Gasteiger partial charge on any atom is 0.251 e. The molecule has 0 aliphatic carbocycles. The third kappa shape index (κ3) is 7.33. The van der Waals surface area contributed by atoms with Crippen LogP contribution in [0.2, 0.25) is 0 Å². The summed E-state index contributed by atoms with van der Waals surface area (Å²) in [4.78, 5) is 16.8. The number of hydrogen-bond donors (Lipinski definition) is 3. The molecule has 0 spiro atoms. The number of carbonyl (C=O) groups excluding carboxylic acids is 1. The topological polar surface area (TPSA) is 84.0 Å². The zero-order chi connectivity index (χ0) is 22.2. The normalized spacial score (nSPS) is 17.0. The quantitative estimate of drug-likeness (QED) is 0.261. The molecule has 1 fully saturated rings. The molecule has 4 rings (SSSR count). The summed E-state index contributed by atoms with van der Waals surface area (Å²) in [7, 11) is 1.76. The fourth-order valence-electron chi connectivity index (χ4n) is 4.06. The van der Waals surface area contributed by atoms with Gasteiger partial charge in [-0.2, -0.15) is 0 Å². The van der Waals surface area contributed by atoms with Gasteiger partial charge in [-0.3, -0.25) is 9.79 Å². The van der Waals surface area contributed by atoms with Gasteiger partial charge in [-0.15, -0.1) is 24.0 Å². The van der Waals surface area contributed by atoms with Crippen molar-refractivity contribution in [2.45, 2.75) is 38.3 Å². The van der Waals surface area contributed by atoms with E-state index in [0.29, 0.717) is 18.7 Å². The van der Waals surface area contributed by atoms with E-state index in [4.69, 9.17) is 9.47 Å². The molecule has 8 heteroatoms. The molecule has 1 amide bonds. The van der Waals surface area contributed by atoms with Crippen molar-refractivity contribution in [1.29, 1.82) is 0 Å². The number of ether oxygens (including phenoxy) is 2. The maximum absolute atomic E-state index is 12.5. The lowest BCUT2D eigenvalue weighted by atomic mass is 10.1. The van der Waals surface area contributed by atoms with E-state index in [9.17, 15) is 4.79 Å². The number of nitrogens with zero attached hydrogens (tertiary/aromatic N) is 1. The molecule has 1 unspecified atom stereocenters. The number of carbonyl (C=O) groups is 1. The van der Waals surface area contributed by atoms with Gasteiger partial charge in [-0.05, 0) is 54.2 Å². The van der Waals surface area contributed by atoms with E-state index in [1.165, 1.54) is 11.1 Å². The number of rotatable bonds is 8. The third-order valence-corrected chi connectivity index (χ3v) is 5.85. The van der Waals surface area contributed by atoms with E-state index in [-0.39, 0.29) is 36.0 Å². The first-order valence-electron chi connectivity index (χ1n) is 11.4. The molecule has 178 valence electrons. The Bertz CT molecular complexity index is 960. The molecule has 2 aliphatic rings. The maximum atomic E-state index is 12.5. The molecular weight excluding hydrogens is 531 g/mol. The standard InChI is InChI=1S/C25H32N4O3.HI/c1-26-25(27-11-9-18-7-8-23-20(14-18)10-13-32-23)29-16-19-4-2-5-21(15-19)24(30)28-17-22-6-3-12-31-22;/h2,4-5,7-8,14-15,22H,3,6,9-13,16-17H2,1H3,(H,28,30)(H2,26,27,29);1H. The number of aliphatic imine (C=N–C) groups is 1. The first-order valence-corrected chi connectivity index (χ1v) is 11.4. The van der Waals surface area contributed by atoms with E-state index in [0.717, 1.165) is 62.7 Å². The molecule has 0 radical (unpaired) electrons. The predicted octanol–water partition coefficient (Wildman–Crippen LogP) is 3.06. The minimum atomic E-state index is -0.0652. The second-order valence-corrected chi connectivity index (χ2v) is 8.19. The van der Waals surface area contributed by atoms with Gasteiger partial charge in [-0.1, -0.05) is 24.3 Å². The molecule has 33 heavy (non-hydrogen) atoms. The number of hydrogen-bond acceptors (Lipinski definition) is 4. The average Bonchev–Trinajstić information content (AvgIpc) is 3.51. The van der Waals surface area contributed by atoms with Crippen molar-refractivity contribution < 1.29 is 14.3 Å². The van der Waals surface area contributed by atoms with Gasteiger partial charge < -0.3 is 25.4 Å². The molecule has 2 aliphatic heterocycles. The molecule has 0 bridgehead atoms. The lowest BCUT2D eigenvalue weighted by Gasteiger charge is -2.13. The third-order valence-electron chi connectivity index (χ3n) is 5.85. The van der Waals surface area contributed by atoms with Gasteiger partial charge in [0.05, 0.1) is 12.7 Å². The highest BCUT2D eigenvalue weighted by molar-refractivity contribution is 14.0. The summed E-state index contributed by atoms with van der Waals surface area (Å²) in [6.07, 6.45) is 4.12. The SMILES string of the molecule is CN=C(NCCc1ccc2c(c1)CCO2)NCc1cccc(C(=O)NCC2CCCO2)c1.I. The Balaban J connectivity index is 0.00000306. The Morgan fingerprint density at radius 3 is 2.82 bits per heavy atom. The van der Waals surface area contributed by atoms with Gasteiger partial charge in [0, 0.05) is 45.3 Å².